The van der Waals surface area contributed by atoms with Crippen molar-refractivity contribution in [3.8, 4) is 5.75 Å². The second-order valence-corrected chi connectivity index (χ2v) is 4.94. The second-order valence-electron chi connectivity index (χ2n) is 4.13. The predicted molar refractivity (Wildman–Crippen MR) is 56.8 cm³/mol. The lowest BCUT2D eigenvalue weighted by Crippen LogP contribution is -2.14. The molecule has 0 aliphatic carbocycles. The van der Waals surface area contributed by atoms with Crippen molar-refractivity contribution in [2.75, 3.05) is 0 Å². The maximum Gasteiger partial charge on any atom is 0.149 e. The molecule has 1 aromatic carbocycles. The van der Waals surface area contributed by atoms with Crippen LogP contribution in [0.15, 0.2) is 6.07 Å². The Morgan fingerprint density at radius 3 is 2.14 bits per heavy atom. The monoisotopic (exact) mass is 236 g/mol. The maximum atomic E-state index is 13.6. The standard InChI is InChI=1S/C10H11Cl2FO/c1-10(2,3)7-8(13)5(11)4-6(12)9(7)14/h4,14H,1-3H3. The van der Waals surface area contributed by atoms with Crippen molar-refractivity contribution >= 4 is 23.2 Å². The van der Waals surface area contributed by atoms with Gasteiger partial charge in [0.2, 0.25) is 0 Å². The summed E-state index contributed by atoms with van der Waals surface area (Å²) in [5.41, 5.74) is -0.391. The van der Waals surface area contributed by atoms with Gasteiger partial charge in [0.15, 0.2) is 0 Å². The van der Waals surface area contributed by atoms with Gasteiger partial charge in [0.1, 0.15) is 11.6 Å². The Morgan fingerprint density at radius 2 is 1.71 bits per heavy atom. The molecule has 1 rings (SSSR count). The van der Waals surface area contributed by atoms with Crippen LogP contribution in [0.4, 0.5) is 4.39 Å². The third-order valence-electron chi connectivity index (χ3n) is 1.90. The van der Waals surface area contributed by atoms with Crippen LogP contribution in [0, 0.1) is 5.82 Å². The molecule has 1 nitrogen and oxygen atoms in total. The van der Waals surface area contributed by atoms with Gasteiger partial charge < -0.3 is 5.11 Å². The number of phenolic OH excluding ortho intramolecular Hbond substituents is 1. The largest absolute Gasteiger partial charge is 0.506 e. The summed E-state index contributed by atoms with van der Waals surface area (Å²) in [6, 6.07) is 1.20. The first kappa shape index (κ1) is 11.6. The first-order chi connectivity index (χ1) is 6.25. The average molecular weight is 237 g/mol. The highest BCUT2D eigenvalue weighted by molar-refractivity contribution is 6.35. The first-order valence-corrected chi connectivity index (χ1v) is 4.87. The van der Waals surface area contributed by atoms with E-state index in [0.717, 1.165) is 0 Å². The molecular formula is C10H11Cl2FO. The van der Waals surface area contributed by atoms with Crippen LogP contribution >= 0.6 is 23.2 Å². The second kappa shape index (κ2) is 3.59. The smallest absolute Gasteiger partial charge is 0.149 e. The predicted octanol–water partition coefficient (Wildman–Crippen LogP) is 4.14. The van der Waals surface area contributed by atoms with Crippen molar-refractivity contribution in [3.63, 3.8) is 0 Å². The molecule has 0 aromatic heterocycles. The third-order valence-corrected chi connectivity index (χ3v) is 2.46. The summed E-state index contributed by atoms with van der Waals surface area (Å²) in [7, 11) is 0. The van der Waals surface area contributed by atoms with Gasteiger partial charge in [0.05, 0.1) is 10.0 Å². The minimum absolute atomic E-state index is 0.0707. The van der Waals surface area contributed by atoms with Crippen molar-refractivity contribution in [1.29, 1.82) is 0 Å². The number of phenols is 1. The van der Waals surface area contributed by atoms with E-state index >= 15 is 0 Å². The zero-order chi connectivity index (χ0) is 11.1. The van der Waals surface area contributed by atoms with Gasteiger partial charge in [0, 0.05) is 5.56 Å². The number of halogens is 3. The molecule has 0 radical (unpaired) electrons. The molecule has 0 bridgehead atoms. The van der Waals surface area contributed by atoms with Gasteiger partial charge in [-0.05, 0) is 11.5 Å². The molecule has 0 aliphatic heterocycles. The Hall–Kier alpha value is -0.470. The summed E-state index contributed by atoms with van der Waals surface area (Å²) < 4.78 is 13.6. The molecule has 78 valence electrons. The Morgan fingerprint density at radius 1 is 1.21 bits per heavy atom. The van der Waals surface area contributed by atoms with Crippen LogP contribution in [0.5, 0.6) is 5.75 Å². The zero-order valence-corrected chi connectivity index (χ0v) is 9.67. The molecule has 0 saturated carbocycles. The molecule has 14 heavy (non-hydrogen) atoms. The summed E-state index contributed by atoms with van der Waals surface area (Å²) in [4.78, 5) is 0. The van der Waals surface area contributed by atoms with Crippen LogP contribution in [0.2, 0.25) is 10.0 Å². The van der Waals surface area contributed by atoms with E-state index in [1.165, 1.54) is 6.07 Å². The highest BCUT2D eigenvalue weighted by Crippen LogP contribution is 2.40. The lowest BCUT2D eigenvalue weighted by atomic mass is 9.86. The van der Waals surface area contributed by atoms with Gasteiger partial charge >= 0.3 is 0 Å². The van der Waals surface area contributed by atoms with E-state index in [9.17, 15) is 9.50 Å². The van der Waals surface area contributed by atoms with Crippen LogP contribution in [-0.2, 0) is 5.41 Å². The van der Waals surface area contributed by atoms with Crippen molar-refractivity contribution in [2.45, 2.75) is 26.2 Å². The Balaban J connectivity index is 3.56. The van der Waals surface area contributed by atoms with Crippen molar-refractivity contribution in [3.05, 3.63) is 27.5 Å². The Labute approximate surface area is 92.5 Å². The summed E-state index contributed by atoms with van der Waals surface area (Å²) >= 11 is 11.3. The van der Waals surface area contributed by atoms with E-state index < -0.39 is 11.2 Å². The Bertz CT molecular complexity index is 343. The van der Waals surface area contributed by atoms with E-state index in [1.807, 2.05) is 0 Å². The van der Waals surface area contributed by atoms with Gasteiger partial charge in [-0.1, -0.05) is 44.0 Å². The van der Waals surface area contributed by atoms with Crippen LogP contribution in [0.1, 0.15) is 26.3 Å². The summed E-state index contributed by atoms with van der Waals surface area (Å²) in [5.74, 6) is -0.845. The quantitative estimate of drug-likeness (QED) is 0.672. The third kappa shape index (κ3) is 1.96. The fourth-order valence-corrected chi connectivity index (χ4v) is 1.73. The van der Waals surface area contributed by atoms with Gasteiger partial charge in [0.25, 0.3) is 0 Å². The number of hydrogen-bond donors (Lipinski definition) is 1. The molecular weight excluding hydrogens is 226 g/mol. The molecule has 1 aromatic rings. The highest BCUT2D eigenvalue weighted by atomic mass is 35.5. The molecule has 0 heterocycles. The van der Waals surface area contributed by atoms with Crippen LogP contribution in [0.3, 0.4) is 0 Å². The van der Waals surface area contributed by atoms with E-state index in [2.05, 4.69) is 0 Å². The molecule has 0 aliphatic rings. The van der Waals surface area contributed by atoms with Crippen LogP contribution in [0.25, 0.3) is 0 Å². The van der Waals surface area contributed by atoms with Gasteiger partial charge in [-0.2, -0.15) is 0 Å². The fraction of sp³-hybridized carbons (Fsp3) is 0.400. The molecule has 0 unspecified atom stereocenters. The van der Waals surface area contributed by atoms with Crippen molar-refractivity contribution in [1.82, 2.24) is 0 Å². The zero-order valence-electron chi connectivity index (χ0n) is 8.16. The van der Waals surface area contributed by atoms with Crippen molar-refractivity contribution < 1.29 is 9.50 Å². The SMILES string of the molecule is CC(C)(C)c1c(O)c(Cl)cc(Cl)c1F. The van der Waals surface area contributed by atoms with Crippen molar-refractivity contribution in [2.24, 2.45) is 0 Å². The van der Waals surface area contributed by atoms with Gasteiger partial charge in [-0.25, -0.2) is 4.39 Å². The minimum atomic E-state index is -0.610. The molecule has 1 N–H and O–H groups in total. The number of rotatable bonds is 0. The Kier molecular flexibility index (Phi) is 2.98. The normalized spacial score (nSPS) is 11.9. The van der Waals surface area contributed by atoms with E-state index in [4.69, 9.17) is 23.2 Å². The van der Waals surface area contributed by atoms with E-state index in [0.29, 0.717) is 0 Å². The first-order valence-electron chi connectivity index (χ1n) is 4.12. The topological polar surface area (TPSA) is 20.2 Å². The van der Waals surface area contributed by atoms with Gasteiger partial charge in [-0.3, -0.25) is 0 Å². The number of hydrogen-bond acceptors (Lipinski definition) is 1. The lowest BCUT2D eigenvalue weighted by Gasteiger charge is -2.22. The average Bonchev–Trinajstić information content (AvgIpc) is 1.98. The van der Waals surface area contributed by atoms with E-state index in [-0.39, 0.29) is 21.4 Å². The molecule has 0 saturated heterocycles. The highest BCUT2D eigenvalue weighted by Gasteiger charge is 2.26. The molecule has 0 atom stereocenters. The summed E-state index contributed by atoms with van der Waals surface area (Å²) in [6.45, 7) is 5.33. The molecule has 0 amide bonds. The minimum Gasteiger partial charge on any atom is -0.506 e. The molecule has 0 spiro atoms. The number of benzene rings is 1. The lowest BCUT2D eigenvalue weighted by molar-refractivity contribution is 0.429. The molecule has 0 fully saturated rings. The van der Waals surface area contributed by atoms with E-state index in [1.54, 1.807) is 20.8 Å². The summed E-state index contributed by atoms with van der Waals surface area (Å²) in [5, 5.41) is 9.61. The number of aromatic hydroxyl groups is 1. The fourth-order valence-electron chi connectivity index (χ4n) is 1.27. The van der Waals surface area contributed by atoms with Crippen LogP contribution < -0.4 is 0 Å². The molecule has 4 heteroatoms. The maximum absolute atomic E-state index is 13.6. The summed E-state index contributed by atoms with van der Waals surface area (Å²) in [6.07, 6.45) is 0. The van der Waals surface area contributed by atoms with Crippen LogP contribution in [-0.4, -0.2) is 5.11 Å². The van der Waals surface area contributed by atoms with Gasteiger partial charge in [-0.15, -0.1) is 0 Å².